The molecule has 0 aromatic rings. The van der Waals surface area contributed by atoms with Crippen LogP contribution in [0, 0.1) is 0 Å². The molecule has 0 heterocycles. The Hall–Kier alpha value is 1.60. The predicted molar refractivity (Wildman–Crippen MR) is 107 cm³/mol. The molecule has 2 nitrogen and oxygen atoms in total. The minimum absolute atomic E-state index is 0.196. The van der Waals surface area contributed by atoms with Crippen LogP contribution in [0.1, 0.15) is 69.2 Å². The molecule has 0 rings (SSSR count). The van der Waals surface area contributed by atoms with Crippen LogP contribution >= 0.6 is 43.6 Å². The van der Waals surface area contributed by atoms with Gasteiger partial charge < -0.3 is 0 Å². The molecule has 0 radical (unpaired) electrons. The predicted octanol–water partition coefficient (Wildman–Crippen LogP) is 5.31. The van der Waals surface area contributed by atoms with E-state index in [2.05, 4.69) is 122 Å². The first-order chi connectivity index (χ1) is 8.13. The van der Waals surface area contributed by atoms with Crippen LogP contribution in [0.25, 0.3) is 0 Å². The largest absolute Gasteiger partial charge is 0.344 e. The fourth-order valence-corrected chi connectivity index (χ4v) is 21.6. The van der Waals surface area contributed by atoms with Crippen LogP contribution in [0.15, 0.2) is 0 Å². The lowest BCUT2D eigenvalue weighted by Gasteiger charge is -2.55. The van der Waals surface area contributed by atoms with E-state index in [1.54, 1.807) is 0 Å². The molecule has 0 atom stereocenters. The van der Waals surface area contributed by atoms with E-state index in [-0.39, 0.29) is 11.1 Å². The van der Waals surface area contributed by atoms with Crippen molar-refractivity contribution in [3.8, 4) is 0 Å². The molecule has 0 fully saturated rings. The maximum Gasteiger partial charge on any atom is 0.344 e. The quantitative estimate of drug-likeness (QED) is 0.288. The molecule has 0 amide bonds. The van der Waals surface area contributed by atoms with Crippen LogP contribution in [0.5, 0.6) is 0 Å². The maximum absolute atomic E-state index is 2.76. The van der Waals surface area contributed by atoms with Gasteiger partial charge in [0.15, 0.2) is 0 Å². The number of halogens is 2. The van der Waals surface area contributed by atoms with Crippen molar-refractivity contribution in [1.29, 1.82) is 0 Å². The molecule has 0 aliphatic rings. The van der Waals surface area contributed by atoms with Gasteiger partial charge in [0.05, 0.1) is 0 Å². The van der Waals surface area contributed by atoms with Crippen LogP contribution in [-0.2, 0) is 0 Å². The highest BCUT2D eigenvalue weighted by Gasteiger charge is 2.51. The van der Waals surface area contributed by atoms with E-state index in [4.69, 9.17) is 0 Å². The summed E-state index contributed by atoms with van der Waals surface area (Å²) in [6.45, 7) is 23.3. The minimum Gasteiger partial charge on any atom is -0.289 e. The smallest absolute Gasteiger partial charge is 0.289 e. The highest BCUT2D eigenvalue weighted by Crippen LogP contribution is 2.42. The summed E-state index contributed by atoms with van der Waals surface area (Å²) in [4.78, 5) is 0. The molecule has 0 bridgehead atoms. The molecule has 0 unspecified atom stereocenters. The lowest BCUT2D eigenvalue weighted by Crippen LogP contribution is -2.70. The van der Waals surface area contributed by atoms with Crippen molar-refractivity contribution in [1.82, 2.24) is 9.13 Å². The molecule has 116 valence electrons. The van der Waals surface area contributed by atoms with Gasteiger partial charge in [0.1, 0.15) is 0 Å². The molecule has 0 N–H and O–H groups in total. The lowest BCUT2D eigenvalue weighted by atomic mass is 10.1. The molecular weight excluding hydrogens is 478 g/mol. The van der Waals surface area contributed by atoms with E-state index in [9.17, 15) is 0 Å². The summed E-state index contributed by atoms with van der Waals surface area (Å²) in [7, 11) is 0. The minimum atomic E-state index is -1.75. The van der Waals surface area contributed by atoms with E-state index in [0.29, 0.717) is 12.1 Å². The summed E-state index contributed by atoms with van der Waals surface area (Å²) in [5, 5.41) is 0. The molecule has 5 heteroatoms. The normalized spacial score (nSPS) is 15.2. The van der Waals surface area contributed by atoms with Gasteiger partial charge in [-0.2, -0.15) is 0 Å². The van der Waals surface area contributed by atoms with E-state index in [1.165, 1.54) is 0 Å². The second-order valence-corrected chi connectivity index (χ2v) is 25.0. The monoisotopic (exact) mass is 510 g/mol. The van der Waals surface area contributed by atoms with Crippen LogP contribution in [-0.4, -0.2) is 35.7 Å². The first-order valence-corrected chi connectivity index (χ1v) is 15.2. The number of rotatable bonds is 4. The van der Waals surface area contributed by atoms with Crippen LogP contribution in [0.3, 0.4) is 0 Å². The van der Waals surface area contributed by atoms with Crippen molar-refractivity contribution in [3.63, 3.8) is 0 Å². The van der Waals surface area contributed by atoms with Gasteiger partial charge >= 0.3 is 3.39 Å². The third-order valence-electron chi connectivity index (χ3n) is 3.06. The average Bonchev–Trinajstić information content (AvgIpc) is 1.90. The second-order valence-electron chi connectivity index (χ2n) is 7.78. The van der Waals surface area contributed by atoms with Gasteiger partial charge in [0, 0.05) is 23.2 Å². The van der Waals surface area contributed by atoms with Gasteiger partial charge in [-0.25, -0.2) is 0 Å². The fourth-order valence-electron chi connectivity index (χ4n) is 3.09. The average molecular weight is 510 g/mol. The first kappa shape index (κ1) is 20.6. The van der Waals surface area contributed by atoms with Gasteiger partial charge in [-0.1, -0.05) is 71.3 Å². The zero-order chi connectivity index (χ0) is 15.8. The SMILES string of the molecule is CC(C)N(C(C)(C)C)[Si](I)(I)N(C(C)C)C(C)(C)C. The molecule has 0 aliphatic carbocycles. The summed E-state index contributed by atoms with van der Waals surface area (Å²) in [5.74, 6) is 0. The Morgan fingerprint density at radius 3 is 1.00 bits per heavy atom. The number of hydrogen-bond donors (Lipinski definition) is 0. The van der Waals surface area contributed by atoms with Gasteiger partial charge in [-0.15, -0.1) is 0 Å². The summed E-state index contributed by atoms with van der Waals surface area (Å²) in [6.07, 6.45) is 0. The van der Waals surface area contributed by atoms with Crippen molar-refractivity contribution >= 4 is 47.0 Å². The summed E-state index contributed by atoms with van der Waals surface area (Å²) < 4.78 is 3.73. The standard InChI is InChI=1S/C14H32I2N2Si/c1-11(2)17(13(5,6)7)19(15,16)18(12(3)4)14(8,9)10/h11-12H,1-10H3. The summed E-state index contributed by atoms with van der Waals surface area (Å²) in [5.41, 5.74) is 0.391. The number of nitrogens with zero attached hydrogens (tertiary/aromatic N) is 2. The van der Waals surface area contributed by atoms with E-state index < -0.39 is 3.39 Å². The summed E-state index contributed by atoms with van der Waals surface area (Å²) >= 11 is 5.52. The zero-order valence-corrected chi connectivity index (χ0v) is 19.6. The maximum atomic E-state index is 2.76. The van der Waals surface area contributed by atoms with E-state index in [1.807, 2.05) is 0 Å². The molecule has 0 saturated heterocycles. The van der Waals surface area contributed by atoms with Crippen molar-refractivity contribution in [2.45, 2.75) is 92.4 Å². The topological polar surface area (TPSA) is 6.48 Å². The molecule has 0 spiro atoms. The summed E-state index contributed by atoms with van der Waals surface area (Å²) in [6, 6.07) is 1.12. The van der Waals surface area contributed by atoms with Gasteiger partial charge in [-0.05, 0) is 41.5 Å². The first-order valence-electron chi connectivity index (χ1n) is 7.10. The second kappa shape index (κ2) is 6.79. The van der Waals surface area contributed by atoms with E-state index in [0.717, 1.165) is 0 Å². The molecular formula is C14H32I2N2Si. The highest BCUT2D eigenvalue weighted by atomic mass is 127. The Balaban J connectivity index is 5.75. The van der Waals surface area contributed by atoms with Crippen LogP contribution in [0.4, 0.5) is 0 Å². The van der Waals surface area contributed by atoms with Gasteiger partial charge in [0.25, 0.3) is 0 Å². The van der Waals surface area contributed by atoms with Crippen LogP contribution < -0.4 is 0 Å². The van der Waals surface area contributed by atoms with E-state index >= 15 is 0 Å². The van der Waals surface area contributed by atoms with Crippen molar-refractivity contribution in [3.05, 3.63) is 0 Å². The fraction of sp³-hybridized carbons (Fsp3) is 1.00. The van der Waals surface area contributed by atoms with Crippen molar-refractivity contribution in [2.75, 3.05) is 0 Å². The third-order valence-corrected chi connectivity index (χ3v) is 12.8. The van der Waals surface area contributed by atoms with Gasteiger partial charge in [-0.3, -0.25) is 9.13 Å². The molecule has 19 heavy (non-hydrogen) atoms. The lowest BCUT2D eigenvalue weighted by molar-refractivity contribution is 0.143. The Bertz CT molecular complexity index is 263. The Kier molecular flexibility index (Phi) is 7.36. The highest BCUT2D eigenvalue weighted by molar-refractivity contribution is 14.3. The van der Waals surface area contributed by atoms with Crippen molar-refractivity contribution < 1.29 is 0 Å². The molecule has 0 aromatic carbocycles. The van der Waals surface area contributed by atoms with Crippen molar-refractivity contribution in [2.24, 2.45) is 0 Å². The third kappa shape index (κ3) is 5.38. The zero-order valence-electron chi connectivity index (χ0n) is 14.3. The molecule has 0 aromatic heterocycles. The Labute approximate surface area is 147 Å². The Morgan fingerprint density at radius 2 is 0.895 bits per heavy atom. The number of hydrogen-bond acceptors (Lipinski definition) is 2. The van der Waals surface area contributed by atoms with Crippen LogP contribution in [0.2, 0.25) is 0 Å². The Morgan fingerprint density at radius 1 is 0.684 bits per heavy atom. The molecule has 0 saturated carbocycles. The van der Waals surface area contributed by atoms with Gasteiger partial charge in [0.2, 0.25) is 0 Å². The molecule has 0 aliphatic heterocycles.